The van der Waals surface area contributed by atoms with Crippen molar-refractivity contribution in [2.45, 2.75) is 46.0 Å². The minimum absolute atomic E-state index is 0.209. The molecule has 0 aliphatic rings. The maximum Gasteiger partial charge on any atom is 0.122 e. The Bertz CT molecular complexity index is 1110. The summed E-state index contributed by atoms with van der Waals surface area (Å²) in [6, 6.07) is 16.6. The Kier molecular flexibility index (Phi) is 14.5. The number of hydrogen-bond acceptors (Lipinski definition) is 7. The van der Waals surface area contributed by atoms with Crippen LogP contribution in [0.15, 0.2) is 60.9 Å². The third-order valence-corrected chi connectivity index (χ3v) is 7.07. The summed E-state index contributed by atoms with van der Waals surface area (Å²) >= 11 is 0. The highest BCUT2D eigenvalue weighted by Crippen LogP contribution is 2.35. The Morgan fingerprint density at radius 2 is 1.35 bits per heavy atom. The SMILES string of the molecule is Cc1c(OCCCNCCCO)cccc1-c1cccc(OCCCN(CCCO)CCc2cccnc2)c1C. The first kappa shape index (κ1) is 31.6. The molecular formula is C33H47N3O4. The summed E-state index contributed by atoms with van der Waals surface area (Å²) in [7, 11) is 0. The second-order valence-corrected chi connectivity index (χ2v) is 10.1. The van der Waals surface area contributed by atoms with Gasteiger partial charge in [-0.3, -0.25) is 4.98 Å². The number of benzene rings is 2. The summed E-state index contributed by atoms with van der Waals surface area (Å²) in [5.41, 5.74) is 5.81. The number of hydrogen-bond donors (Lipinski definition) is 3. The number of ether oxygens (including phenoxy) is 2. The summed E-state index contributed by atoms with van der Waals surface area (Å²) in [6.07, 6.45) is 8.06. The summed E-state index contributed by atoms with van der Waals surface area (Å²) in [5, 5.41) is 21.5. The molecule has 2 aromatic carbocycles. The van der Waals surface area contributed by atoms with Gasteiger partial charge in [-0.15, -0.1) is 0 Å². The molecule has 0 saturated carbocycles. The quantitative estimate of drug-likeness (QED) is 0.175. The second-order valence-electron chi connectivity index (χ2n) is 10.1. The van der Waals surface area contributed by atoms with Crippen molar-refractivity contribution in [1.82, 2.24) is 15.2 Å². The van der Waals surface area contributed by atoms with Gasteiger partial charge in [0.15, 0.2) is 0 Å². The average molecular weight is 550 g/mol. The van der Waals surface area contributed by atoms with Crippen molar-refractivity contribution < 1.29 is 19.7 Å². The van der Waals surface area contributed by atoms with E-state index in [0.717, 1.165) is 98.6 Å². The van der Waals surface area contributed by atoms with E-state index < -0.39 is 0 Å². The topological polar surface area (TPSA) is 87.1 Å². The van der Waals surface area contributed by atoms with Gasteiger partial charge in [0.25, 0.3) is 0 Å². The molecule has 0 fully saturated rings. The molecule has 0 spiro atoms. The normalized spacial score (nSPS) is 11.2. The second kappa shape index (κ2) is 18.4. The molecule has 0 saturated heterocycles. The molecule has 3 N–H and O–H groups in total. The van der Waals surface area contributed by atoms with Gasteiger partial charge in [0.2, 0.25) is 0 Å². The maximum absolute atomic E-state index is 9.32. The van der Waals surface area contributed by atoms with Crippen LogP contribution in [0.4, 0.5) is 0 Å². The lowest BCUT2D eigenvalue weighted by atomic mass is 9.95. The molecule has 7 heteroatoms. The molecule has 0 aliphatic heterocycles. The lowest BCUT2D eigenvalue weighted by Gasteiger charge is -2.22. The zero-order chi connectivity index (χ0) is 28.4. The van der Waals surface area contributed by atoms with E-state index in [9.17, 15) is 5.11 Å². The minimum atomic E-state index is 0.209. The smallest absolute Gasteiger partial charge is 0.122 e. The number of aromatic nitrogens is 1. The van der Waals surface area contributed by atoms with Crippen LogP contribution in [-0.4, -0.2) is 79.2 Å². The van der Waals surface area contributed by atoms with Crippen LogP contribution in [0, 0.1) is 13.8 Å². The lowest BCUT2D eigenvalue weighted by Crippen LogP contribution is -2.30. The molecule has 0 atom stereocenters. The van der Waals surface area contributed by atoms with E-state index in [1.165, 1.54) is 5.56 Å². The van der Waals surface area contributed by atoms with Gasteiger partial charge in [-0.2, -0.15) is 0 Å². The fraction of sp³-hybridized carbons (Fsp3) is 0.485. The molecule has 3 aromatic rings. The Hall–Kier alpha value is -2.97. The first-order chi connectivity index (χ1) is 19.6. The van der Waals surface area contributed by atoms with Crippen molar-refractivity contribution in [3.63, 3.8) is 0 Å². The van der Waals surface area contributed by atoms with Crippen LogP contribution in [0.1, 0.15) is 42.4 Å². The summed E-state index contributed by atoms with van der Waals surface area (Å²) in [5.74, 6) is 1.82. The average Bonchev–Trinajstić information content (AvgIpc) is 2.98. The van der Waals surface area contributed by atoms with Crippen LogP contribution in [0.2, 0.25) is 0 Å². The van der Waals surface area contributed by atoms with Crippen LogP contribution in [0.5, 0.6) is 11.5 Å². The maximum atomic E-state index is 9.32. The number of nitrogens with zero attached hydrogens (tertiary/aromatic N) is 2. The van der Waals surface area contributed by atoms with Crippen LogP contribution >= 0.6 is 0 Å². The van der Waals surface area contributed by atoms with Gasteiger partial charge in [0, 0.05) is 45.2 Å². The van der Waals surface area contributed by atoms with Gasteiger partial charge in [-0.25, -0.2) is 0 Å². The molecular weight excluding hydrogens is 502 g/mol. The zero-order valence-electron chi connectivity index (χ0n) is 24.3. The lowest BCUT2D eigenvalue weighted by molar-refractivity contribution is 0.208. The van der Waals surface area contributed by atoms with Crippen molar-refractivity contribution in [3.8, 4) is 22.6 Å². The molecule has 0 unspecified atom stereocenters. The Morgan fingerprint density at radius 3 is 1.98 bits per heavy atom. The molecule has 0 amide bonds. The third kappa shape index (κ3) is 10.5. The standard InChI is InChI=1S/C33H47N3O4/c1-27-30(11-3-13-32(27)39-24-7-18-34-17-6-22-37)31-12-4-14-33(28(31)2)40-25-9-20-36(19-8-23-38)21-15-29-10-5-16-35-26-29/h3-5,10-14,16,26,34,37-38H,6-9,15,17-25H2,1-2H3. The van der Waals surface area contributed by atoms with Gasteiger partial charge >= 0.3 is 0 Å². The molecule has 0 bridgehead atoms. The summed E-state index contributed by atoms with van der Waals surface area (Å²) < 4.78 is 12.4. The van der Waals surface area contributed by atoms with Crippen molar-refractivity contribution in [3.05, 3.63) is 77.6 Å². The fourth-order valence-electron chi connectivity index (χ4n) is 4.77. The van der Waals surface area contributed by atoms with E-state index in [1.807, 2.05) is 24.4 Å². The number of aliphatic hydroxyl groups is 2. The number of aliphatic hydroxyl groups excluding tert-OH is 2. The molecule has 1 aromatic heterocycles. The summed E-state index contributed by atoms with van der Waals surface area (Å²) in [6.45, 7) is 10.4. The van der Waals surface area contributed by atoms with E-state index >= 15 is 0 Å². The Balaban J connectivity index is 1.53. The van der Waals surface area contributed by atoms with Gasteiger partial charge in [0.05, 0.1) is 13.2 Å². The Morgan fingerprint density at radius 1 is 0.725 bits per heavy atom. The third-order valence-electron chi connectivity index (χ3n) is 7.07. The van der Waals surface area contributed by atoms with E-state index in [-0.39, 0.29) is 13.2 Å². The first-order valence-electron chi connectivity index (χ1n) is 14.6. The van der Waals surface area contributed by atoms with Crippen molar-refractivity contribution in [2.24, 2.45) is 0 Å². The number of rotatable bonds is 20. The molecule has 40 heavy (non-hydrogen) atoms. The zero-order valence-corrected chi connectivity index (χ0v) is 24.3. The van der Waals surface area contributed by atoms with Crippen molar-refractivity contribution in [1.29, 1.82) is 0 Å². The van der Waals surface area contributed by atoms with Crippen LogP contribution in [0.25, 0.3) is 11.1 Å². The van der Waals surface area contributed by atoms with Crippen molar-refractivity contribution >= 4 is 0 Å². The number of pyridine rings is 1. The van der Waals surface area contributed by atoms with Crippen LogP contribution < -0.4 is 14.8 Å². The molecule has 0 radical (unpaired) electrons. The van der Waals surface area contributed by atoms with E-state index in [0.29, 0.717) is 13.2 Å². The summed E-state index contributed by atoms with van der Waals surface area (Å²) in [4.78, 5) is 6.61. The predicted molar refractivity (Wildman–Crippen MR) is 162 cm³/mol. The van der Waals surface area contributed by atoms with Crippen molar-refractivity contribution in [2.75, 3.05) is 59.2 Å². The van der Waals surface area contributed by atoms with Gasteiger partial charge in [-0.05, 0) is 105 Å². The largest absolute Gasteiger partial charge is 0.493 e. The molecule has 7 nitrogen and oxygen atoms in total. The molecule has 0 aliphatic carbocycles. The van der Waals surface area contributed by atoms with Crippen LogP contribution in [0.3, 0.4) is 0 Å². The highest BCUT2D eigenvalue weighted by Gasteiger charge is 2.13. The minimum Gasteiger partial charge on any atom is -0.493 e. The molecule has 1 heterocycles. The molecule has 218 valence electrons. The van der Waals surface area contributed by atoms with E-state index in [2.05, 4.69) is 59.4 Å². The first-order valence-corrected chi connectivity index (χ1v) is 14.6. The monoisotopic (exact) mass is 549 g/mol. The predicted octanol–water partition coefficient (Wildman–Crippen LogP) is 4.80. The highest BCUT2D eigenvalue weighted by molar-refractivity contribution is 5.74. The van der Waals surface area contributed by atoms with Gasteiger partial charge in [-0.1, -0.05) is 30.3 Å². The number of nitrogens with one attached hydrogen (secondary N) is 1. The van der Waals surface area contributed by atoms with Gasteiger partial charge < -0.3 is 29.9 Å². The fourth-order valence-corrected chi connectivity index (χ4v) is 4.77. The Labute approximate surface area is 240 Å². The van der Waals surface area contributed by atoms with Gasteiger partial charge in [0.1, 0.15) is 11.5 Å². The van der Waals surface area contributed by atoms with E-state index in [4.69, 9.17) is 14.6 Å². The molecule has 3 rings (SSSR count). The highest BCUT2D eigenvalue weighted by atomic mass is 16.5. The van der Waals surface area contributed by atoms with Crippen LogP contribution in [-0.2, 0) is 6.42 Å². The van der Waals surface area contributed by atoms with E-state index in [1.54, 1.807) is 6.20 Å².